The summed E-state index contributed by atoms with van der Waals surface area (Å²) < 4.78 is 1.93. The zero-order chi connectivity index (χ0) is 23.3. The van der Waals surface area contributed by atoms with E-state index in [9.17, 15) is 9.59 Å². The summed E-state index contributed by atoms with van der Waals surface area (Å²) in [5.74, 6) is 0.469. The first-order valence-corrected chi connectivity index (χ1v) is 12.1. The summed E-state index contributed by atoms with van der Waals surface area (Å²) in [6.07, 6.45) is 5.35. The first-order valence-electron chi connectivity index (χ1n) is 11.1. The number of benzene rings is 3. The molecule has 4 aromatic rings. The average molecular weight is 469 g/mol. The molecule has 0 saturated carbocycles. The molecule has 2 heterocycles. The Kier molecular flexibility index (Phi) is 6.44. The number of hydrogen-bond acceptors (Lipinski definition) is 4. The van der Waals surface area contributed by atoms with Crippen molar-refractivity contribution >= 4 is 23.6 Å². The quantitative estimate of drug-likeness (QED) is 0.431. The maximum atomic E-state index is 12.8. The van der Waals surface area contributed by atoms with Gasteiger partial charge in [0.1, 0.15) is 5.37 Å². The van der Waals surface area contributed by atoms with E-state index in [-0.39, 0.29) is 17.2 Å². The van der Waals surface area contributed by atoms with Crippen molar-refractivity contribution in [3.05, 3.63) is 120 Å². The smallest absolute Gasteiger partial charge is 0.251 e. The van der Waals surface area contributed by atoms with Gasteiger partial charge in [0.25, 0.3) is 5.91 Å². The summed E-state index contributed by atoms with van der Waals surface area (Å²) in [5, 5.41) is 2.96. The lowest BCUT2D eigenvalue weighted by atomic mass is 10.1. The zero-order valence-corrected chi connectivity index (χ0v) is 19.3. The van der Waals surface area contributed by atoms with E-state index >= 15 is 0 Å². The lowest BCUT2D eigenvalue weighted by Gasteiger charge is -2.24. The molecule has 1 aromatic heterocycles. The molecule has 1 fully saturated rings. The molecule has 1 aliphatic heterocycles. The number of nitrogens with one attached hydrogen (secondary N) is 1. The van der Waals surface area contributed by atoms with Gasteiger partial charge >= 0.3 is 0 Å². The summed E-state index contributed by atoms with van der Waals surface area (Å²) in [6, 6.07) is 25.5. The van der Waals surface area contributed by atoms with Gasteiger partial charge in [0, 0.05) is 31.0 Å². The van der Waals surface area contributed by atoms with Crippen LogP contribution in [0, 0.1) is 0 Å². The molecule has 6 nitrogen and oxygen atoms in total. The Morgan fingerprint density at radius 2 is 1.76 bits per heavy atom. The number of imidazole rings is 1. The molecule has 0 radical (unpaired) electrons. The summed E-state index contributed by atoms with van der Waals surface area (Å²) in [7, 11) is 0. The molecule has 2 amide bonds. The molecule has 3 aromatic carbocycles. The molecule has 0 aliphatic carbocycles. The van der Waals surface area contributed by atoms with Crippen molar-refractivity contribution in [1.82, 2.24) is 19.8 Å². The van der Waals surface area contributed by atoms with Crippen LogP contribution in [0.4, 0.5) is 0 Å². The lowest BCUT2D eigenvalue weighted by molar-refractivity contribution is -0.128. The fraction of sp³-hybridized carbons (Fsp3) is 0.148. The van der Waals surface area contributed by atoms with Crippen LogP contribution in [0.1, 0.15) is 32.4 Å². The minimum absolute atomic E-state index is 0.0492. The van der Waals surface area contributed by atoms with Gasteiger partial charge in [0.05, 0.1) is 17.8 Å². The first kappa shape index (κ1) is 22.0. The monoisotopic (exact) mass is 468 g/mol. The van der Waals surface area contributed by atoms with E-state index in [1.165, 1.54) is 0 Å². The third-order valence-electron chi connectivity index (χ3n) is 5.84. The van der Waals surface area contributed by atoms with Gasteiger partial charge in [-0.3, -0.25) is 9.59 Å². The second-order valence-electron chi connectivity index (χ2n) is 8.07. The Labute approximate surface area is 202 Å². The molecule has 1 saturated heterocycles. The number of aromatic nitrogens is 2. The molecule has 1 aliphatic rings. The Bertz CT molecular complexity index is 1270. The van der Waals surface area contributed by atoms with Crippen molar-refractivity contribution in [2.75, 3.05) is 5.75 Å². The fourth-order valence-electron chi connectivity index (χ4n) is 4.07. The molecule has 1 N–H and O–H groups in total. The molecule has 34 heavy (non-hydrogen) atoms. The minimum Gasteiger partial charge on any atom is -0.348 e. The number of nitrogens with zero attached hydrogens (tertiary/aromatic N) is 3. The molecule has 1 atom stereocenters. The molecule has 1 unspecified atom stereocenters. The Hall–Kier alpha value is -3.84. The first-order chi connectivity index (χ1) is 16.7. The van der Waals surface area contributed by atoms with Crippen LogP contribution in [-0.4, -0.2) is 32.0 Å². The van der Waals surface area contributed by atoms with Gasteiger partial charge in [-0.1, -0.05) is 60.7 Å². The predicted octanol–water partition coefficient (Wildman–Crippen LogP) is 4.58. The van der Waals surface area contributed by atoms with Crippen LogP contribution in [-0.2, 0) is 17.9 Å². The van der Waals surface area contributed by atoms with Crippen LogP contribution >= 0.6 is 11.8 Å². The van der Waals surface area contributed by atoms with Crippen LogP contribution in [0.3, 0.4) is 0 Å². The number of amides is 2. The molecule has 0 bridgehead atoms. The van der Waals surface area contributed by atoms with Crippen molar-refractivity contribution in [1.29, 1.82) is 0 Å². The molecular weight excluding hydrogens is 444 g/mol. The van der Waals surface area contributed by atoms with Gasteiger partial charge in [-0.25, -0.2) is 4.98 Å². The summed E-state index contributed by atoms with van der Waals surface area (Å²) in [5.41, 5.74) is 4.71. The highest BCUT2D eigenvalue weighted by atomic mass is 32.2. The highest BCUT2D eigenvalue weighted by Crippen LogP contribution is 2.39. The Morgan fingerprint density at radius 1 is 1.00 bits per heavy atom. The largest absolute Gasteiger partial charge is 0.348 e. The molecule has 0 spiro atoms. The Balaban J connectivity index is 1.25. The van der Waals surface area contributed by atoms with E-state index < -0.39 is 0 Å². The standard InChI is InChI=1S/C27H24N4O2S/c32-25-18-34-27(31(25)17-20-6-2-1-3-7-20)22-12-10-21(11-13-22)26(33)29-16-23-8-4-5-9-24(23)30-15-14-28-19-30/h1-15,19,27H,16-18H2,(H,29,33). The van der Waals surface area contributed by atoms with Crippen molar-refractivity contribution in [2.24, 2.45) is 0 Å². The van der Waals surface area contributed by atoms with E-state index in [1.54, 1.807) is 24.3 Å². The van der Waals surface area contributed by atoms with Crippen molar-refractivity contribution < 1.29 is 9.59 Å². The highest BCUT2D eigenvalue weighted by molar-refractivity contribution is 8.00. The summed E-state index contributed by atoms with van der Waals surface area (Å²) >= 11 is 1.62. The van der Waals surface area contributed by atoms with Crippen molar-refractivity contribution in [3.8, 4) is 5.69 Å². The zero-order valence-electron chi connectivity index (χ0n) is 18.5. The molecular formula is C27H24N4O2S. The van der Waals surface area contributed by atoms with Crippen LogP contribution in [0.2, 0.25) is 0 Å². The van der Waals surface area contributed by atoms with Gasteiger partial charge in [0.15, 0.2) is 0 Å². The Morgan fingerprint density at radius 3 is 2.53 bits per heavy atom. The number of thioether (sulfide) groups is 1. The number of hydrogen-bond donors (Lipinski definition) is 1. The topological polar surface area (TPSA) is 67.2 Å². The van der Waals surface area contributed by atoms with Crippen LogP contribution < -0.4 is 5.32 Å². The normalized spacial score (nSPS) is 15.5. The maximum Gasteiger partial charge on any atom is 0.251 e. The molecule has 5 rings (SSSR count). The summed E-state index contributed by atoms with van der Waals surface area (Å²) in [4.78, 5) is 31.3. The number of para-hydroxylation sites is 1. The van der Waals surface area contributed by atoms with E-state index in [0.29, 0.717) is 24.4 Å². The van der Waals surface area contributed by atoms with E-state index in [2.05, 4.69) is 10.3 Å². The van der Waals surface area contributed by atoms with Gasteiger partial charge in [0.2, 0.25) is 5.91 Å². The van der Waals surface area contributed by atoms with E-state index in [1.807, 2.05) is 94.5 Å². The SMILES string of the molecule is O=C(NCc1ccccc1-n1ccnc1)c1ccc(C2SCC(=O)N2Cc2ccccc2)cc1. The lowest BCUT2D eigenvalue weighted by Crippen LogP contribution is -2.27. The fourth-order valence-corrected chi connectivity index (χ4v) is 5.26. The molecule has 7 heteroatoms. The number of carbonyl (C=O) groups is 2. The highest BCUT2D eigenvalue weighted by Gasteiger charge is 2.32. The van der Waals surface area contributed by atoms with E-state index in [0.717, 1.165) is 22.4 Å². The van der Waals surface area contributed by atoms with Crippen LogP contribution in [0.15, 0.2) is 97.6 Å². The average Bonchev–Trinajstić information content (AvgIpc) is 3.54. The predicted molar refractivity (Wildman–Crippen MR) is 133 cm³/mol. The maximum absolute atomic E-state index is 12.8. The number of carbonyl (C=O) groups excluding carboxylic acids is 2. The van der Waals surface area contributed by atoms with Crippen LogP contribution in [0.25, 0.3) is 5.69 Å². The van der Waals surface area contributed by atoms with Crippen molar-refractivity contribution in [3.63, 3.8) is 0 Å². The third kappa shape index (κ3) is 4.75. The third-order valence-corrected chi connectivity index (χ3v) is 7.09. The van der Waals surface area contributed by atoms with Crippen molar-refractivity contribution in [2.45, 2.75) is 18.5 Å². The number of rotatable bonds is 7. The summed E-state index contributed by atoms with van der Waals surface area (Å²) in [6.45, 7) is 0.989. The molecule has 170 valence electrons. The van der Waals surface area contributed by atoms with E-state index in [4.69, 9.17) is 0 Å². The van der Waals surface area contributed by atoms with Gasteiger partial charge in [-0.05, 0) is 34.9 Å². The van der Waals surface area contributed by atoms with Gasteiger partial charge in [-0.2, -0.15) is 0 Å². The van der Waals surface area contributed by atoms with Crippen LogP contribution in [0.5, 0.6) is 0 Å². The second kappa shape index (κ2) is 9.97. The minimum atomic E-state index is -0.136. The second-order valence-corrected chi connectivity index (χ2v) is 9.14. The van der Waals surface area contributed by atoms with Gasteiger partial charge in [-0.15, -0.1) is 11.8 Å². The van der Waals surface area contributed by atoms with Gasteiger partial charge < -0.3 is 14.8 Å².